The number of nitrogens with two attached hydrogens (primary N) is 1. The van der Waals surface area contributed by atoms with Gasteiger partial charge in [-0.2, -0.15) is 0 Å². The Morgan fingerprint density at radius 2 is 2.18 bits per heavy atom. The van der Waals surface area contributed by atoms with Gasteiger partial charge in [0.05, 0.1) is 24.0 Å². The van der Waals surface area contributed by atoms with Crippen LogP contribution in [-0.4, -0.2) is 19.1 Å². The molecule has 1 atom stereocenters. The minimum absolute atomic E-state index is 0.313. The molecule has 0 amide bonds. The Labute approximate surface area is 101 Å². The molecule has 1 aliphatic carbocycles. The highest BCUT2D eigenvalue weighted by Crippen LogP contribution is 2.47. The quantitative estimate of drug-likeness (QED) is 0.622. The first-order chi connectivity index (χ1) is 7.95. The minimum Gasteiger partial charge on any atom is -0.465 e. The SMILES string of the molecule is COC(=O)c1cccc(NC2CC2(C)C)c1N. The van der Waals surface area contributed by atoms with Crippen LogP contribution >= 0.6 is 0 Å². The van der Waals surface area contributed by atoms with Crippen LogP contribution < -0.4 is 11.1 Å². The molecule has 1 aromatic rings. The van der Waals surface area contributed by atoms with Gasteiger partial charge in [0, 0.05) is 6.04 Å². The molecule has 2 rings (SSSR count). The van der Waals surface area contributed by atoms with E-state index in [1.807, 2.05) is 6.07 Å². The number of methoxy groups -OCH3 is 1. The van der Waals surface area contributed by atoms with Gasteiger partial charge >= 0.3 is 5.97 Å². The van der Waals surface area contributed by atoms with Gasteiger partial charge in [-0.25, -0.2) is 4.79 Å². The van der Waals surface area contributed by atoms with Crippen molar-refractivity contribution in [2.75, 3.05) is 18.2 Å². The third-order valence-corrected chi connectivity index (χ3v) is 3.35. The Kier molecular flexibility index (Phi) is 2.73. The van der Waals surface area contributed by atoms with E-state index in [0.29, 0.717) is 22.7 Å². The largest absolute Gasteiger partial charge is 0.465 e. The van der Waals surface area contributed by atoms with Crippen LogP contribution in [0, 0.1) is 5.41 Å². The molecule has 0 heterocycles. The number of carbonyl (C=O) groups is 1. The number of esters is 1. The van der Waals surface area contributed by atoms with Crippen LogP contribution in [0.1, 0.15) is 30.6 Å². The zero-order valence-electron chi connectivity index (χ0n) is 10.4. The number of hydrogen-bond acceptors (Lipinski definition) is 4. The summed E-state index contributed by atoms with van der Waals surface area (Å²) in [6.07, 6.45) is 1.12. The van der Waals surface area contributed by atoms with E-state index in [-0.39, 0.29) is 0 Å². The summed E-state index contributed by atoms with van der Waals surface area (Å²) in [5.41, 5.74) is 7.96. The molecule has 92 valence electrons. The van der Waals surface area contributed by atoms with E-state index in [1.54, 1.807) is 12.1 Å². The third kappa shape index (κ3) is 2.20. The maximum Gasteiger partial charge on any atom is 0.340 e. The molecule has 3 N–H and O–H groups in total. The Morgan fingerprint density at radius 1 is 1.53 bits per heavy atom. The molecule has 0 aliphatic heterocycles. The Balaban J connectivity index is 2.21. The van der Waals surface area contributed by atoms with Crippen molar-refractivity contribution in [1.82, 2.24) is 0 Å². The predicted molar refractivity (Wildman–Crippen MR) is 68.0 cm³/mol. The monoisotopic (exact) mass is 234 g/mol. The standard InChI is InChI=1S/C13H18N2O2/c1-13(2)7-10(13)15-9-6-4-5-8(11(9)14)12(16)17-3/h4-6,10,15H,7,14H2,1-3H3. The summed E-state index contributed by atoms with van der Waals surface area (Å²) >= 11 is 0. The molecule has 0 bridgehead atoms. The van der Waals surface area contributed by atoms with Gasteiger partial charge in [0.1, 0.15) is 0 Å². The summed E-state index contributed by atoms with van der Waals surface area (Å²) in [6, 6.07) is 5.79. The second-order valence-electron chi connectivity index (χ2n) is 5.15. The van der Waals surface area contributed by atoms with Crippen LogP contribution in [0.4, 0.5) is 11.4 Å². The van der Waals surface area contributed by atoms with Crippen molar-refractivity contribution in [2.45, 2.75) is 26.3 Å². The van der Waals surface area contributed by atoms with Crippen LogP contribution in [0.25, 0.3) is 0 Å². The summed E-state index contributed by atoms with van der Waals surface area (Å²) < 4.78 is 4.69. The molecule has 0 saturated heterocycles. The molecule has 17 heavy (non-hydrogen) atoms. The fourth-order valence-corrected chi connectivity index (χ4v) is 1.88. The Morgan fingerprint density at radius 3 is 2.71 bits per heavy atom. The fourth-order valence-electron chi connectivity index (χ4n) is 1.88. The normalized spacial score (nSPS) is 20.8. The van der Waals surface area contributed by atoms with Gasteiger partial charge in [0.15, 0.2) is 0 Å². The highest BCUT2D eigenvalue weighted by atomic mass is 16.5. The lowest BCUT2D eigenvalue weighted by molar-refractivity contribution is 0.0602. The molecule has 4 nitrogen and oxygen atoms in total. The number of nitrogens with one attached hydrogen (secondary N) is 1. The Hall–Kier alpha value is -1.71. The number of hydrogen-bond donors (Lipinski definition) is 2. The molecule has 4 heteroatoms. The smallest absolute Gasteiger partial charge is 0.340 e. The van der Waals surface area contributed by atoms with E-state index < -0.39 is 5.97 Å². The lowest BCUT2D eigenvalue weighted by Gasteiger charge is -2.13. The van der Waals surface area contributed by atoms with Crippen molar-refractivity contribution in [1.29, 1.82) is 0 Å². The van der Waals surface area contributed by atoms with Crippen molar-refractivity contribution in [3.8, 4) is 0 Å². The highest BCUT2D eigenvalue weighted by molar-refractivity contribution is 5.98. The van der Waals surface area contributed by atoms with Gasteiger partial charge in [-0.15, -0.1) is 0 Å². The van der Waals surface area contributed by atoms with Gasteiger partial charge in [0.2, 0.25) is 0 Å². The number of rotatable bonds is 3. The topological polar surface area (TPSA) is 64.3 Å². The zero-order valence-corrected chi connectivity index (χ0v) is 10.4. The average molecular weight is 234 g/mol. The fraction of sp³-hybridized carbons (Fsp3) is 0.462. The molecule has 0 spiro atoms. The molecular formula is C13H18N2O2. The molecule has 0 aromatic heterocycles. The number of nitrogen functional groups attached to an aromatic ring is 1. The van der Waals surface area contributed by atoms with Crippen molar-refractivity contribution in [3.05, 3.63) is 23.8 Å². The van der Waals surface area contributed by atoms with E-state index in [4.69, 9.17) is 5.73 Å². The number of benzene rings is 1. The van der Waals surface area contributed by atoms with Gasteiger partial charge in [-0.3, -0.25) is 0 Å². The number of carbonyl (C=O) groups excluding carboxylic acids is 1. The van der Waals surface area contributed by atoms with Gasteiger partial charge in [-0.1, -0.05) is 19.9 Å². The van der Waals surface area contributed by atoms with Crippen LogP contribution in [0.5, 0.6) is 0 Å². The van der Waals surface area contributed by atoms with Crippen LogP contribution in [0.2, 0.25) is 0 Å². The number of anilines is 2. The van der Waals surface area contributed by atoms with E-state index in [1.165, 1.54) is 7.11 Å². The van der Waals surface area contributed by atoms with E-state index in [2.05, 4.69) is 23.9 Å². The van der Waals surface area contributed by atoms with Crippen molar-refractivity contribution >= 4 is 17.3 Å². The number of para-hydroxylation sites is 1. The second kappa shape index (κ2) is 3.95. The summed E-state index contributed by atoms with van der Waals surface area (Å²) in [5.74, 6) is -0.402. The molecule has 1 fully saturated rings. The molecule has 1 aliphatic rings. The van der Waals surface area contributed by atoms with Crippen LogP contribution in [-0.2, 0) is 4.74 Å². The average Bonchev–Trinajstić information content (AvgIpc) is 2.88. The van der Waals surface area contributed by atoms with Crippen molar-refractivity contribution in [3.63, 3.8) is 0 Å². The third-order valence-electron chi connectivity index (χ3n) is 3.35. The van der Waals surface area contributed by atoms with Crippen LogP contribution in [0.3, 0.4) is 0 Å². The first-order valence-electron chi connectivity index (χ1n) is 5.69. The maximum absolute atomic E-state index is 11.5. The lowest BCUT2D eigenvalue weighted by Crippen LogP contribution is -2.13. The first kappa shape index (κ1) is 11.8. The maximum atomic E-state index is 11.5. The summed E-state index contributed by atoms with van der Waals surface area (Å²) in [4.78, 5) is 11.5. The predicted octanol–water partition coefficient (Wildman–Crippen LogP) is 2.27. The number of ether oxygens (including phenoxy) is 1. The van der Waals surface area contributed by atoms with Gasteiger partial charge in [-0.05, 0) is 24.0 Å². The van der Waals surface area contributed by atoms with Gasteiger partial charge < -0.3 is 15.8 Å². The molecule has 1 unspecified atom stereocenters. The minimum atomic E-state index is -0.402. The van der Waals surface area contributed by atoms with Crippen molar-refractivity contribution < 1.29 is 9.53 Å². The molecule has 1 saturated carbocycles. The summed E-state index contributed by atoms with van der Waals surface area (Å²) in [5, 5.41) is 3.36. The molecule has 1 aromatic carbocycles. The summed E-state index contributed by atoms with van der Waals surface area (Å²) in [6.45, 7) is 4.40. The lowest BCUT2D eigenvalue weighted by atomic mass is 10.1. The Bertz CT molecular complexity index is 455. The summed E-state index contributed by atoms with van der Waals surface area (Å²) in [7, 11) is 1.35. The van der Waals surface area contributed by atoms with Crippen LogP contribution in [0.15, 0.2) is 18.2 Å². The second-order valence-corrected chi connectivity index (χ2v) is 5.15. The molecular weight excluding hydrogens is 216 g/mol. The van der Waals surface area contributed by atoms with E-state index in [9.17, 15) is 4.79 Å². The van der Waals surface area contributed by atoms with Gasteiger partial charge in [0.25, 0.3) is 0 Å². The first-order valence-corrected chi connectivity index (χ1v) is 5.69. The highest BCUT2D eigenvalue weighted by Gasteiger charge is 2.45. The van der Waals surface area contributed by atoms with E-state index >= 15 is 0 Å². The molecule has 0 radical (unpaired) electrons. The van der Waals surface area contributed by atoms with E-state index in [0.717, 1.165) is 12.1 Å². The van der Waals surface area contributed by atoms with Crippen molar-refractivity contribution in [2.24, 2.45) is 5.41 Å². The zero-order chi connectivity index (χ0) is 12.6.